The number of carbonyl (C=O) groups is 1. The zero-order chi connectivity index (χ0) is 20.3. The number of halogens is 1. The molecule has 1 aliphatic carbocycles. The molecule has 0 atom stereocenters. The van der Waals surface area contributed by atoms with Crippen LogP contribution in [0.3, 0.4) is 0 Å². The number of likely N-dealkylation sites (N-methyl/N-ethyl adjacent to an activating group) is 1. The van der Waals surface area contributed by atoms with Gasteiger partial charge in [0.15, 0.2) is 5.82 Å². The van der Waals surface area contributed by atoms with Crippen molar-refractivity contribution in [1.29, 1.82) is 0 Å². The van der Waals surface area contributed by atoms with Gasteiger partial charge in [-0.15, -0.1) is 0 Å². The maximum absolute atomic E-state index is 15.2. The SMILES string of the molecule is CN(C)C1(Cn2ccc(-c3ccc(O)c(N4CC(=O)NS4(=O)=O)c3F)n2)CC1. The third kappa shape index (κ3) is 3.00. The number of phenols is 1. The molecule has 150 valence electrons. The minimum absolute atomic E-state index is 0.0378. The predicted octanol–water partition coefficient (Wildman–Crippen LogP) is 0.670. The fourth-order valence-corrected chi connectivity index (χ4v) is 4.58. The van der Waals surface area contributed by atoms with E-state index < -0.39 is 39.9 Å². The topological polar surface area (TPSA) is 108 Å². The molecule has 0 spiro atoms. The highest BCUT2D eigenvalue weighted by molar-refractivity contribution is 7.92. The van der Waals surface area contributed by atoms with E-state index >= 15 is 4.39 Å². The fraction of sp³-hybridized carbons (Fsp3) is 0.412. The van der Waals surface area contributed by atoms with Crippen molar-refractivity contribution in [3.05, 3.63) is 30.2 Å². The lowest BCUT2D eigenvalue weighted by molar-refractivity contribution is -0.117. The summed E-state index contributed by atoms with van der Waals surface area (Å²) >= 11 is 0. The van der Waals surface area contributed by atoms with Gasteiger partial charge in [0.25, 0.3) is 5.91 Å². The summed E-state index contributed by atoms with van der Waals surface area (Å²) < 4.78 is 43.3. The predicted molar refractivity (Wildman–Crippen MR) is 99.3 cm³/mol. The largest absolute Gasteiger partial charge is 0.506 e. The van der Waals surface area contributed by atoms with E-state index in [1.54, 1.807) is 21.7 Å². The Kier molecular flexibility index (Phi) is 4.12. The Morgan fingerprint density at radius 2 is 2.04 bits per heavy atom. The van der Waals surface area contributed by atoms with Gasteiger partial charge < -0.3 is 10.0 Å². The third-order valence-corrected chi connectivity index (χ3v) is 6.69. The molecule has 1 saturated carbocycles. The summed E-state index contributed by atoms with van der Waals surface area (Å²) in [5, 5.41) is 14.5. The minimum atomic E-state index is -4.25. The summed E-state index contributed by atoms with van der Waals surface area (Å²) in [5.41, 5.74) is -0.171. The number of anilines is 1. The second-order valence-corrected chi connectivity index (χ2v) is 8.94. The maximum Gasteiger partial charge on any atom is 0.326 e. The van der Waals surface area contributed by atoms with Crippen molar-refractivity contribution >= 4 is 21.8 Å². The summed E-state index contributed by atoms with van der Waals surface area (Å²) in [6.07, 6.45) is 3.85. The Hall–Kier alpha value is -2.66. The lowest BCUT2D eigenvalue weighted by Gasteiger charge is -2.23. The van der Waals surface area contributed by atoms with E-state index in [-0.39, 0.29) is 11.1 Å². The van der Waals surface area contributed by atoms with Crippen LogP contribution in [0.4, 0.5) is 10.1 Å². The number of hydrogen-bond donors (Lipinski definition) is 2. The fourth-order valence-electron chi connectivity index (χ4n) is 3.42. The molecule has 1 saturated heterocycles. The van der Waals surface area contributed by atoms with Crippen LogP contribution in [0.2, 0.25) is 0 Å². The van der Waals surface area contributed by atoms with E-state index in [1.807, 2.05) is 14.1 Å². The number of hydrogen-bond acceptors (Lipinski definition) is 6. The summed E-state index contributed by atoms with van der Waals surface area (Å²) in [4.78, 5) is 13.6. The monoisotopic (exact) mass is 409 g/mol. The first kappa shape index (κ1) is 18.7. The van der Waals surface area contributed by atoms with Gasteiger partial charge in [0.1, 0.15) is 18.0 Å². The summed E-state index contributed by atoms with van der Waals surface area (Å²) in [7, 11) is -0.233. The van der Waals surface area contributed by atoms with E-state index in [9.17, 15) is 18.3 Å². The Morgan fingerprint density at radius 1 is 1.32 bits per heavy atom. The van der Waals surface area contributed by atoms with E-state index in [4.69, 9.17) is 0 Å². The summed E-state index contributed by atoms with van der Waals surface area (Å²) in [6.45, 7) is 0.0571. The third-order valence-electron chi connectivity index (χ3n) is 5.31. The molecule has 4 rings (SSSR count). The Labute approximate surface area is 161 Å². The number of aromatic hydroxyl groups is 1. The van der Waals surface area contributed by atoms with Gasteiger partial charge in [0, 0.05) is 17.3 Å². The highest BCUT2D eigenvalue weighted by atomic mass is 32.2. The highest BCUT2D eigenvalue weighted by Gasteiger charge is 2.45. The number of rotatable bonds is 5. The van der Waals surface area contributed by atoms with E-state index in [2.05, 4.69) is 10.00 Å². The molecule has 0 radical (unpaired) electrons. The number of benzene rings is 1. The minimum Gasteiger partial charge on any atom is -0.506 e. The molecule has 2 N–H and O–H groups in total. The number of phenolic OH excluding ortho intramolecular Hbond substituents is 1. The van der Waals surface area contributed by atoms with Crippen LogP contribution in [-0.4, -0.2) is 60.3 Å². The zero-order valence-electron chi connectivity index (χ0n) is 15.4. The quantitative estimate of drug-likeness (QED) is 0.752. The van der Waals surface area contributed by atoms with E-state index in [0.717, 1.165) is 12.8 Å². The van der Waals surface area contributed by atoms with Crippen molar-refractivity contribution in [2.75, 3.05) is 24.9 Å². The lowest BCUT2D eigenvalue weighted by Crippen LogP contribution is -2.34. The molecule has 1 aliphatic heterocycles. The molecule has 2 fully saturated rings. The highest BCUT2D eigenvalue weighted by Crippen LogP contribution is 2.42. The molecule has 11 heteroatoms. The Morgan fingerprint density at radius 3 is 2.61 bits per heavy atom. The van der Waals surface area contributed by atoms with Gasteiger partial charge in [-0.3, -0.25) is 9.48 Å². The van der Waals surface area contributed by atoms with Gasteiger partial charge in [-0.05, 0) is 45.1 Å². The molecular weight excluding hydrogens is 389 g/mol. The Balaban J connectivity index is 1.70. The van der Waals surface area contributed by atoms with Gasteiger partial charge in [-0.2, -0.15) is 13.5 Å². The molecule has 9 nitrogen and oxygen atoms in total. The molecule has 1 aromatic heterocycles. The molecular formula is C17H20FN5O4S. The van der Waals surface area contributed by atoms with Crippen LogP contribution in [0.25, 0.3) is 11.3 Å². The molecule has 28 heavy (non-hydrogen) atoms. The molecule has 2 heterocycles. The second kappa shape index (κ2) is 6.17. The van der Waals surface area contributed by atoms with Crippen LogP contribution < -0.4 is 9.03 Å². The van der Waals surface area contributed by atoms with E-state index in [0.29, 0.717) is 16.5 Å². The molecule has 2 aromatic rings. The first-order valence-corrected chi connectivity index (χ1v) is 10.1. The summed E-state index contributed by atoms with van der Waals surface area (Å²) in [6, 6.07) is 4.15. The smallest absolute Gasteiger partial charge is 0.326 e. The molecule has 2 aliphatic rings. The van der Waals surface area contributed by atoms with Gasteiger partial charge in [-0.1, -0.05) is 0 Å². The van der Waals surface area contributed by atoms with Crippen molar-refractivity contribution in [1.82, 2.24) is 19.4 Å². The van der Waals surface area contributed by atoms with Crippen LogP contribution in [-0.2, 0) is 21.5 Å². The van der Waals surface area contributed by atoms with Crippen molar-refractivity contribution in [2.24, 2.45) is 0 Å². The number of amides is 1. The van der Waals surface area contributed by atoms with Crippen LogP contribution in [0.15, 0.2) is 24.4 Å². The van der Waals surface area contributed by atoms with Gasteiger partial charge in [0.2, 0.25) is 0 Å². The number of nitrogens with one attached hydrogen (secondary N) is 1. The lowest BCUT2D eigenvalue weighted by atomic mass is 10.1. The van der Waals surface area contributed by atoms with Crippen molar-refractivity contribution < 1.29 is 22.7 Å². The van der Waals surface area contributed by atoms with Crippen LogP contribution in [0.1, 0.15) is 12.8 Å². The first-order valence-electron chi connectivity index (χ1n) is 8.69. The maximum atomic E-state index is 15.2. The van der Waals surface area contributed by atoms with Gasteiger partial charge in [-0.25, -0.2) is 13.4 Å². The standard InChI is InChI=1S/C17H20FN5O4S/c1-21(2)17(6-7-17)10-22-8-5-12(19-22)11-3-4-13(24)16(15(11)18)23-9-14(25)20-28(23,26)27/h3-5,8,24H,6-7,9-10H2,1-2H3,(H,20,25). The van der Waals surface area contributed by atoms with Crippen molar-refractivity contribution in [2.45, 2.75) is 24.9 Å². The average molecular weight is 409 g/mol. The Bertz CT molecular complexity index is 1060. The first-order chi connectivity index (χ1) is 13.1. The molecule has 0 bridgehead atoms. The molecule has 1 aromatic carbocycles. The van der Waals surface area contributed by atoms with Gasteiger partial charge in [0.05, 0.1) is 12.2 Å². The van der Waals surface area contributed by atoms with Crippen molar-refractivity contribution in [3.63, 3.8) is 0 Å². The van der Waals surface area contributed by atoms with Gasteiger partial charge >= 0.3 is 10.2 Å². The number of nitrogens with zero attached hydrogens (tertiary/aromatic N) is 4. The van der Waals surface area contributed by atoms with Crippen LogP contribution in [0, 0.1) is 5.82 Å². The number of carbonyl (C=O) groups excluding carboxylic acids is 1. The van der Waals surface area contributed by atoms with Crippen molar-refractivity contribution in [3.8, 4) is 17.0 Å². The normalized spacial score (nSPS) is 19.9. The second-order valence-electron chi connectivity index (χ2n) is 7.35. The zero-order valence-corrected chi connectivity index (χ0v) is 16.2. The van der Waals surface area contributed by atoms with E-state index in [1.165, 1.54) is 12.1 Å². The molecule has 1 amide bonds. The molecule has 0 unspecified atom stereocenters. The van der Waals surface area contributed by atoms with Crippen LogP contribution in [0.5, 0.6) is 5.75 Å². The number of aromatic nitrogens is 2. The average Bonchev–Trinajstić information content (AvgIpc) is 3.15. The summed E-state index contributed by atoms with van der Waals surface area (Å²) in [5.74, 6) is -2.34. The van der Waals surface area contributed by atoms with Crippen LogP contribution >= 0.6 is 0 Å².